The Bertz CT molecular complexity index is 322. The highest BCUT2D eigenvalue weighted by Gasteiger charge is 2.13. The number of benzene rings is 1. The van der Waals surface area contributed by atoms with Crippen molar-refractivity contribution in [2.45, 2.75) is 12.5 Å². The van der Waals surface area contributed by atoms with Crippen molar-refractivity contribution in [3.05, 3.63) is 48.6 Å². The van der Waals surface area contributed by atoms with E-state index in [1.54, 1.807) is 6.08 Å². The first-order valence-electron chi connectivity index (χ1n) is 4.91. The summed E-state index contributed by atoms with van der Waals surface area (Å²) in [6.07, 6.45) is 2.32. The second-order valence-electron chi connectivity index (χ2n) is 3.34. The lowest BCUT2D eigenvalue weighted by molar-refractivity contribution is -0.119. The van der Waals surface area contributed by atoms with Crippen molar-refractivity contribution in [2.75, 3.05) is 6.54 Å². The maximum atomic E-state index is 11.1. The average molecular weight is 204 g/mol. The van der Waals surface area contributed by atoms with Crippen LogP contribution in [0.1, 0.15) is 5.56 Å². The minimum absolute atomic E-state index is 0.328. The van der Waals surface area contributed by atoms with Crippen LogP contribution in [-0.2, 0) is 11.2 Å². The molecular formula is C12H16N2O. The van der Waals surface area contributed by atoms with E-state index in [0.717, 1.165) is 5.56 Å². The molecule has 3 nitrogen and oxygen atoms in total. The fraction of sp³-hybridized carbons (Fsp3) is 0.250. The van der Waals surface area contributed by atoms with Crippen LogP contribution in [0.2, 0.25) is 0 Å². The Morgan fingerprint density at radius 1 is 1.47 bits per heavy atom. The van der Waals surface area contributed by atoms with Gasteiger partial charge in [0.1, 0.15) is 0 Å². The monoisotopic (exact) mass is 204 g/mol. The lowest BCUT2D eigenvalue weighted by atomic mass is 10.1. The second kappa shape index (κ2) is 5.98. The topological polar surface area (TPSA) is 55.1 Å². The van der Waals surface area contributed by atoms with E-state index >= 15 is 0 Å². The Morgan fingerprint density at radius 2 is 2.13 bits per heavy atom. The summed E-state index contributed by atoms with van der Waals surface area (Å²) in [7, 11) is 0. The van der Waals surface area contributed by atoms with Gasteiger partial charge in [0.2, 0.25) is 5.91 Å². The molecule has 15 heavy (non-hydrogen) atoms. The number of carbonyl (C=O) groups excluding carboxylic acids is 1. The number of hydrogen-bond acceptors (Lipinski definition) is 2. The molecule has 0 aliphatic carbocycles. The largest absolute Gasteiger partial charge is 0.368 e. The molecule has 1 amide bonds. The van der Waals surface area contributed by atoms with Crippen molar-refractivity contribution in [1.29, 1.82) is 0 Å². The summed E-state index contributed by atoms with van der Waals surface area (Å²) in [5.41, 5.74) is 6.38. The summed E-state index contributed by atoms with van der Waals surface area (Å²) < 4.78 is 0. The van der Waals surface area contributed by atoms with E-state index in [9.17, 15) is 4.79 Å². The third kappa shape index (κ3) is 3.95. The minimum Gasteiger partial charge on any atom is -0.368 e. The number of hydrogen-bond donors (Lipinski definition) is 2. The lowest BCUT2D eigenvalue weighted by Crippen LogP contribution is -2.42. The first kappa shape index (κ1) is 11.5. The van der Waals surface area contributed by atoms with Crippen LogP contribution >= 0.6 is 0 Å². The Kier molecular flexibility index (Phi) is 4.57. The molecule has 0 aliphatic rings. The molecule has 0 radical (unpaired) electrons. The van der Waals surface area contributed by atoms with Gasteiger partial charge in [-0.3, -0.25) is 4.79 Å². The highest BCUT2D eigenvalue weighted by atomic mass is 16.1. The molecule has 0 saturated heterocycles. The maximum Gasteiger partial charge on any atom is 0.234 e. The van der Waals surface area contributed by atoms with E-state index in [1.165, 1.54) is 0 Å². The van der Waals surface area contributed by atoms with E-state index < -0.39 is 0 Å². The van der Waals surface area contributed by atoms with Crippen molar-refractivity contribution in [2.24, 2.45) is 5.73 Å². The van der Waals surface area contributed by atoms with Gasteiger partial charge in [0.05, 0.1) is 6.04 Å². The van der Waals surface area contributed by atoms with Crippen LogP contribution in [-0.4, -0.2) is 18.5 Å². The molecule has 0 spiro atoms. The molecule has 0 heterocycles. The van der Waals surface area contributed by atoms with Crippen LogP contribution in [0.5, 0.6) is 0 Å². The zero-order valence-corrected chi connectivity index (χ0v) is 8.65. The van der Waals surface area contributed by atoms with E-state index in [0.29, 0.717) is 13.0 Å². The smallest absolute Gasteiger partial charge is 0.234 e. The molecule has 3 heteroatoms. The Hall–Kier alpha value is -1.61. The standard InChI is InChI=1S/C12H16N2O/c1-2-8-14-11(12(13)15)9-10-6-4-3-5-7-10/h2-7,11,14H,1,8-9H2,(H2,13,15)/t11-/m0/s1. The summed E-state index contributed by atoms with van der Waals surface area (Å²) in [5.74, 6) is -0.333. The molecule has 0 saturated carbocycles. The molecule has 0 fully saturated rings. The quantitative estimate of drug-likeness (QED) is 0.675. The van der Waals surface area contributed by atoms with Gasteiger partial charge in [-0.15, -0.1) is 6.58 Å². The SMILES string of the molecule is C=CCN[C@@H](Cc1ccccc1)C(N)=O. The first-order chi connectivity index (χ1) is 7.24. The van der Waals surface area contributed by atoms with E-state index in [-0.39, 0.29) is 11.9 Å². The van der Waals surface area contributed by atoms with Crippen molar-refractivity contribution >= 4 is 5.91 Å². The van der Waals surface area contributed by atoms with Crippen LogP contribution in [0.4, 0.5) is 0 Å². The van der Waals surface area contributed by atoms with E-state index in [2.05, 4.69) is 11.9 Å². The van der Waals surface area contributed by atoms with Crippen LogP contribution < -0.4 is 11.1 Å². The van der Waals surface area contributed by atoms with Crippen LogP contribution in [0, 0.1) is 0 Å². The normalized spacial score (nSPS) is 12.0. The van der Waals surface area contributed by atoms with Crippen LogP contribution in [0.25, 0.3) is 0 Å². The number of carbonyl (C=O) groups is 1. The minimum atomic E-state index is -0.333. The first-order valence-corrected chi connectivity index (χ1v) is 4.91. The summed E-state index contributed by atoms with van der Waals surface area (Å²) in [6.45, 7) is 4.17. The van der Waals surface area contributed by atoms with Crippen LogP contribution in [0.15, 0.2) is 43.0 Å². The lowest BCUT2D eigenvalue weighted by Gasteiger charge is -2.13. The third-order valence-electron chi connectivity index (χ3n) is 2.13. The number of rotatable bonds is 6. The Labute approximate surface area is 90.0 Å². The van der Waals surface area contributed by atoms with Gasteiger partial charge >= 0.3 is 0 Å². The molecule has 3 N–H and O–H groups in total. The second-order valence-corrected chi connectivity index (χ2v) is 3.34. The number of primary amides is 1. The Balaban J connectivity index is 2.58. The highest BCUT2D eigenvalue weighted by Crippen LogP contribution is 2.02. The predicted molar refractivity (Wildman–Crippen MR) is 61.3 cm³/mol. The predicted octanol–water partition coefficient (Wildman–Crippen LogP) is 0.859. The Morgan fingerprint density at radius 3 is 2.67 bits per heavy atom. The zero-order chi connectivity index (χ0) is 11.1. The number of nitrogens with two attached hydrogens (primary N) is 1. The van der Waals surface area contributed by atoms with Gasteiger partial charge in [-0.1, -0.05) is 36.4 Å². The maximum absolute atomic E-state index is 11.1. The molecular weight excluding hydrogens is 188 g/mol. The van der Waals surface area contributed by atoms with Gasteiger partial charge in [0, 0.05) is 6.54 Å². The summed E-state index contributed by atoms with van der Waals surface area (Å²) in [4.78, 5) is 11.1. The molecule has 1 rings (SSSR count). The molecule has 0 aromatic heterocycles. The zero-order valence-electron chi connectivity index (χ0n) is 8.65. The third-order valence-corrected chi connectivity index (χ3v) is 2.13. The van der Waals surface area contributed by atoms with Gasteiger partial charge in [-0.05, 0) is 12.0 Å². The molecule has 0 bridgehead atoms. The van der Waals surface area contributed by atoms with Crippen molar-refractivity contribution in [1.82, 2.24) is 5.32 Å². The molecule has 0 unspecified atom stereocenters. The molecule has 0 aliphatic heterocycles. The summed E-state index contributed by atoms with van der Waals surface area (Å²) in [5, 5.41) is 3.02. The van der Waals surface area contributed by atoms with E-state index in [1.807, 2.05) is 30.3 Å². The molecule has 1 aromatic rings. The molecule has 80 valence electrons. The van der Waals surface area contributed by atoms with Crippen LogP contribution in [0.3, 0.4) is 0 Å². The number of amides is 1. The van der Waals surface area contributed by atoms with Gasteiger partial charge in [0.15, 0.2) is 0 Å². The fourth-order valence-electron chi connectivity index (χ4n) is 1.35. The van der Waals surface area contributed by atoms with E-state index in [4.69, 9.17) is 5.73 Å². The summed E-state index contributed by atoms with van der Waals surface area (Å²) in [6, 6.07) is 9.46. The fourth-order valence-corrected chi connectivity index (χ4v) is 1.35. The van der Waals surface area contributed by atoms with Gasteiger partial charge in [0.25, 0.3) is 0 Å². The van der Waals surface area contributed by atoms with Crippen molar-refractivity contribution in [3.8, 4) is 0 Å². The number of nitrogens with one attached hydrogen (secondary N) is 1. The van der Waals surface area contributed by atoms with Gasteiger partial charge < -0.3 is 11.1 Å². The highest BCUT2D eigenvalue weighted by molar-refractivity contribution is 5.80. The molecule has 1 aromatic carbocycles. The van der Waals surface area contributed by atoms with Gasteiger partial charge in [-0.25, -0.2) is 0 Å². The van der Waals surface area contributed by atoms with Gasteiger partial charge in [-0.2, -0.15) is 0 Å². The van der Waals surface area contributed by atoms with Crippen molar-refractivity contribution < 1.29 is 4.79 Å². The average Bonchev–Trinajstić information content (AvgIpc) is 2.25. The van der Waals surface area contributed by atoms with Crippen molar-refractivity contribution in [3.63, 3.8) is 0 Å². The molecule has 1 atom stereocenters. The summed E-state index contributed by atoms with van der Waals surface area (Å²) >= 11 is 0.